The van der Waals surface area contributed by atoms with Crippen LogP contribution in [-0.4, -0.2) is 12.2 Å². The van der Waals surface area contributed by atoms with Crippen molar-refractivity contribution < 1.29 is 4.74 Å². The van der Waals surface area contributed by atoms with E-state index in [2.05, 4.69) is 27.4 Å². The van der Waals surface area contributed by atoms with Gasteiger partial charge >= 0.3 is 0 Å². The van der Waals surface area contributed by atoms with Crippen LogP contribution in [0.25, 0.3) is 0 Å². The second kappa shape index (κ2) is 4.06. The first-order valence-corrected chi connectivity index (χ1v) is 5.66. The molecule has 0 amide bonds. The summed E-state index contributed by atoms with van der Waals surface area (Å²) in [5.41, 5.74) is 1.48. The summed E-state index contributed by atoms with van der Waals surface area (Å²) >= 11 is 0. The van der Waals surface area contributed by atoms with E-state index in [4.69, 9.17) is 4.74 Å². The van der Waals surface area contributed by atoms with E-state index in [0.29, 0.717) is 0 Å². The van der Waals surface area contributed by atoms with Crippen molar-refractivity contribution in [2.75, 3.05) is 6.61 Å². The highest BCUT2D eigenvalue weighted by atomic mass is 16.5. The minimum atomic E-state index is 0.103. The SMILES string of the molecule is C=C(C)COC1(C(C)(C)C)CCCC1. The lowest BCUT2D eigenvalue weighted by molar-refractivity contribution is -0.104. The fourth-order valence-electron chi connectivity index (χ4n) is 2.32. The maximum absolute atomic E-state index is 6.12. The van der Waals surface area contributed by atoms with Crippen molar-refractivity contribution in [3.05, 3.63) is 12.2 Å². The van der Waals surface area contributed by atoms with Crippen molar-refractivity contribution in [1.29, 1.82) is 0 Å². The van der Waals surface area contributed by atoms with Crippen molar-refractivity contribution in [2.24, 2.45) is 5.41 Å². The van der Waals surface area contributed by atoms with Gasteiger partial charge in [0.2, 0.25) is 0 Å². The standard InChI is InChI=1S/C13H24O/c1-11(2)10-14-13(12(3,4)5)8-6-7-9-13/h1,6-10H2,2-5H3. The van der Waals surface area contributed by atoms with Crippen LogP contribution >= 0.6 is 0 Å². The maximum Gasteiger partial charge on any atom is 0.0734 e. The van der Waals surface area contributed by atoms with E-state index in [-0.39, 0.29) is 11.0 Å². The van der Waals surface area contributed by atoms with E-state index in [1.54, 1.807) is 0 Å². The van der Waals surface area contributed by atoms with Gasteiger partial charge in [0, 0.05) is 0 Å². The number of hydrogen-bond acceptors (Lipinski definition) is 1. The Kier molecular flexibility index (Phi) is 3.41. The van der Waals surface area contributed by atoms with Crippen LogP contribution in [-0.2, 0) is 4.74 Å². The molecule has 0 heterocycles. The number of rotatable bonds is 3. The molecule has 0 aromatic heterocycles. The van der Waals surface area contributed by atoms with E-state index in [9.17, 15) is 0 Å². The monoisotopic (exact) mass is 196 g/mol. The summed E-state index contributed by atoms with van der Waals surface area (Å²) in [6, 6.07) is 0. The molecule has 0 unspecified atom stereocenters. The first-order chi connectivity index (χ1) is 6.37. The van der Waals surface area contributed by atoms with E-state index in [0.717, 1.165) is 12.2 Å². The topological polar surface area (TPSA) is 9.23 Å². The molecule has 1 saturated carbocycles. The first-order valence-electron chi connectivity index (χ1n) is 5.66. The number of ether oxygens (including phenoxy) is 1. The third kappa shape index (κ3) is 2.38. The summed E-state index contributed by atoms with van der Waals surface area (Å²) < 4.78 is 6.12. The minimum absolute atomic E-state index is 0.103. The Morgan fingerprint density at radius 1 is 1.29 bits per heavy atom. The first kappa shape index (κ1) is 11.8. The van der Waals surface area contributed by atoms with Crippen molar-refractivity contribution in [3.8, 4) is 0 Å². The van der Waals surface area contributed by atoms with Gasteiger partial charge in [-0.3, -0.25) is 0 Å². The highest BCUT2D eigenvalue weighted by Crippen LogP contribution is 2.46. The molecular weight excluding hydrogens is 172 g/mol. The molecule has 0 saturated heterocycles. The third-order valence-electron chi connectivity index (χ3n) is 3.37. The summed E-state index contributed by atoms with van der Waals surface area (Å²) in [5.74, 6) is 0. The van der Waals surface area contributed by atoms with Crippen molar-refractivity contribution in [3.63, 3.8) is 0 Å². The van der Waals surface area contributed by atoms with Gasteiger partial charge in [-0.25, -0.2) is 0 Å². The van der Waals surface area contributed by atoms with Crippen LogP contribution < -0.4 is 0 Å². The third-order valence-corrected chi connectivity index (χ3v) is 3.37. The predicted molar refractivity (Wildman–Crippen MR) is 61.4 cm³/mol. The van der Waals surface area contributed by atoms with Crippen LogP contribution in [0.4, 0.5) is 0 Å². The van der Waals surface area contributed by atoms with Crippen LogP contribution in [0, 0.1) is 5.41 Å². The second-order valence-corrected chi connectivity index (χ2v) is 5.70. The van der Waals surface area contributed by atoms with E-state index in [1.807, 2.05) is 6.92 Å². The predicted octanol–water partition coefficient (Wildman–Crippen LogP) is 3.94. The van der Waals surface area contributed by atoms with Gasteiger partial charge < -0.3 is 4.74 Å². The molecule has 0 N–H and O–H groups in total. The zero-order chi connectivity index (χ0) is 10.8. The van der Waals surface area contributed by atoms with E-state index >= 15 is 0 Å². The summed E-state index contributed by atoms with van der Waals surface area (Å²) in [4.78, 5) is 0. The Morgan fingerprint density at radius 2 is 1.79 bits per heavy atom. The molecule has 1 heteroatoms. The summed E-state index contributed by atoms with van der Waals surface area (Å²) in [6.45, 7) is 13.5. The molecule has 0 spiro atoms. The largest absolute Gasteiger partial charge is 0.370 e. The average Bonchev–Trinajstić information content (AvgIpc) is 2.48. The summed E-state index contributed by atoms with van der Waals surface area (Å²) in [5, 5.41) is 0. The van der Waals surface area contributed by atoms with Gasteiger partial charge in [-0.05, 0) is 25.2 Å². The molecule has 1 aliphatic carbocycles. The Morgan fingerprint density at radius 3 is 2.14 bits per heavy atom. The molecule has 1 rings (SSSR count). The molecule has 82 valence electrons. The van der Waals surface area contributed by atoms with Crippen molar-refractivity contribution >= 4 is 0 Å². The lowest BCUT2D eigenvalue weighted by atomic mass is 9.75. The number of hydrogen-bond donors (Lipinski definition) is 0. The maximum atomic E-state index is 6.12. The van der Waals surface area contributed by atoms with Crippen LogP contribution in [0.3, 0.4) is 0 Å². The molecule has 0 bridgehead atoms. The minimum Gasteiger partial charge on any atom is -0.370 e. The molecule has 0 aliphatic heterocycles. The zero-order valence-electron chi connectivity index (χ0n) is 10.2. The van der Waals surface area contributed by atoms with Gasteiger partial charge in [-0.1, -0.05) is 45.8 Å². The molecule has 1 fully saturated rings. The normalized spacial score (nSPS) is 21.1. The second-order valence-electron chi connectivity index (χ2n) is 5.70. The molecule has 0 aromatic rings. The Balaban J connectivity index is 2.67. The van der Waals surface area contributed by atoms with Gasteiger partial charge in [0.15, 0.2) is 0 Å². The summed E-state index contributed by atoms with van der Waals surface area (Å²) in [6.07, 6.45) is 5.05. The highest BCUT2D eigenvalue weighted by molar-refractivity contribution is 4.98. The summed E-state index contributed by atoms with van der Waals surface area (Å²) in [7, 11) is 0. The molecular formula is C13H24O. The fourth-order valence-corrected chi connectivity index (χ4v) is 2.32. The lowest BCUT2D eigenvalue weighted by Gasteiger charge is -2.42. The van der Waals surface area contributed by atoms with Gasteiger partial charge in [0.05, 0.1) is 12.2 Å². The quantitative estimate of drug-likeness (QED) is 0.621. The molecule has 0 atom stereocenters. The molecule has 1 aliphatic rings. The molecule has 14 heavy (non-hydrogen) atoms. The van der Waals surface area contributed by atoms with Crippen LogP contribution in [0.1, 0.15) is 53.4 Å². The Labute approximate surface area is 88.5 Å². The lowest BCUT2D eigenvalue weighted by Crippen LogP contribution is -2.43. The van der Waals surface area contributed by atoms with Crippen molar-refractivity contribution in [1.82, 2.24) is 0 Å². The van der Waals surface area contributed by atoms with Gasteiger partial charge in [0.1, 0.15) is 0 Å². The molecule has 0 radical (unpaired) electrons. The smallest absolute Gasteiger partial charge is 0.0734 e. The van der Waals surface area contributed by atoms with E-state index in [1.165, 1.54) is 25.7 Å². The highest BCUT2D eigenvalue weighted by Gasteiger charge is 2.44. The van der Waals surface area contributed by atoms with Gasteiger partial charge in [-0.2, -0.15) is 0 Å². The van der Waals surface area contributed by atoms with Crippen LogP contribution in [0.5, 0.6) is 0 Å². The van der Waals surface area contributed by atoms with Crippen LogP contribution in [0.2, 0.25) is 0 Å². The van der Waals surface area contributed by atoms with Gasteiger partial charge in [-0.15, -0.1) is 0 Å². The molecule has 1 nitrogen and oxygen atoms in total. The van der Waals surface area contributed by atoms with E-state index < -0.39 is 0 Å². The Hall–Kier alpha value is -0.300. The zero-order valence-corrected chi connectivity index (χ0v) is 10.2. The van der Waals surface area contributed by atoms with Gasteiger partial charge in [0.25, 0.3) is 0 Å². The van der Waals surface area contributed by atoms with Crippen LogP contribution in [0.15, 0.2) is 12.2 Å². The molecule has 0 aromatic carbocycles. The van der Waals surface area contributed by atoms with Crippen molar-refractivity contribution in [2.45, 2.75) is 59.0 Å². The Bertz CT molecular complexity index is 204. The average molecular weight is 196 g/mol. The fraction of sp³-hybridized carbons (Fsp3) is 0.846.